The van der Waals surface area contributed by atoms with Crippen LogP contribution in [-0.2, 0) is 4.79 Å². The molecule has 1 rings (SSSR count). The first-order chi connectivity index (χ1) is 8.50. The Labute approximate surface area is 104 Å². The van der Waals surface area contributed by atoms with Crippen LogP contribution in [0.2, 0.25) is 0 Å². The normalized spacial score (nSPS) is 9.78. The number of primary amides is 1. The summed E-state index contributed by atoms with van der Waals surface area (Å²) < 4.78 is 0. The van der Waals surface area contributed by atoms with Gasteiger partial charge in [0.05, 0.1) is 0 Å². The van der Waals surface area contributed by atoms with Crippen molar-refractivity contribution in [2.75, 3.05) is 6.54 Å². The molecule has 0 saturated carbocycles. The number of carboxylic acids is 1. The van der Waals surface area contributed by atoms with Crippen LogP contribution in [0.25, 0.3) is 0 Å². The molecule has 1 aromatic rings. The molecule has 0 aliphatic heterocycles. The van der Waals surface area contributed by atoms with E-state index in [2.05, 4.69) is 5.32 Å². The Bertz CT molecular complexity index is 454. The molecule has 96 valence electrons. The van der Waals surface area contributed by atoms with E-state index < -0.39 is 11.9 Å². The maximum Gasteiger partial charge on any atom is 0.303 e. The average Bonchev–Trinajstić information content (AvgIpc) is 2.34. The number of carbonyl (C=O) groups is 3. The fourth-order valence-corrected chi connectivity index (χ4v) is 1.33. The van der Waals surface area contributed by atoms with Crippen LogP contribution in [0.1, 0.15) is 33.6 Å². The highest BCUT2D eigenvalue weighted by Gasteiger charge is 2.06. The quantitative estimate of drug-likeness (QED) is 0.634. The largest absolute Gasteiger partial charge is 0.481 e. The summed E-state index contributed by atoms with van der Waals surface area (Å²) in [5, 5.41) is 11.0. The predicted molar refractivity (Wildman–Crippen MR) is 64.2 cm³/mol. The SMILES string of the molecule is NC(=O)c1ccc(C(=O)NCCCC(=O)O)cc1. The first-order valence-electron chi connectivity index (χ1n) is 5.40. The number of aliphatic carboxylic acids is 1. The number of benzene rings is 1. The van der Waals surface area contributed by atoms with Crippen molar-refractivity contribution >= 4 is 17.8 Å². The molecule has 0 fully saturated rings. The second-order valence-corrected chi connectivity index (χ2v) is 3.69. The van der Waals surface area contributed by atoms with Crippen molar-refractivity contribution in [3.05, 3.63) is 35.4 Å². The molecule has 0 aliphatic carbocycles. The van der Waals surface area contributed by atoms with Crippen molar-refractivity contribution in [1.29, 1.82) is 0 Å². The summed E-state index contributed by atoms with van der Waals surface area (Å²) in [4.78, 5) is 32.7. The lowest BCUT2D eigenvalue weighted by atomic mass is 10.1. The number of nitrogens with one attached hydrogen (secondary N) is 1. The molecule has 0 saturated heterocycles. The molecule has 4 N–H and O–H groups in total. The Morgan fingerprint density at radius 1 is 1.11 bits per heavy atom. The number of amides is 2. The predicted octanol–water partition coefficient (Wildman–Crippen LogP) is 0.380. The van der Waals surface area contributed by atoms with Gasteiger partial charge < -0.3 is 16.2 Å². The zero-order valence-corrected chi connectivity index (χ0v) is 9.68. The van der Waals surface area contributed by atoms with Gasteiger partial charge in [0.1, 0.15) is 0 Å². The van der Waals surface area contributed by atoms with E-state index in [0.29, 0.717) is 24.1 Å². The molecule has 0 heterocycles. The number of carbonyl (C=O) groups excluding carboxylic acids is 2. The molecule has 18 heavy (non-hydrogen) atoms. The van der Waals surface area contributed by atoms with Crippen molar-refractivity contribution in [2.45, 2.75) is 12.8 Å². The molecule has 0 bridgehead atoms. The standard InChI is InChI=1S/C12H14N2O4/c13-11(17)8-3-5-9(6-4-8)12(18)14-7-1-2-10(15)16/h3-6H,1-2,7H2,(H2,13,17)(H,14,18)(H,15,16). The Morgan fingerprint density at radius 2 is 1.67 bits per heavy atom. The number of nitrogens with two attached hydrogens (primary N) is 1. The fourth-order valence-electron chi connectivity index (χ4n) is 1.33. The number of hydrogen-bond acceptors (Lipinski definition) is 3. The van der Waals surface area contributed by atoms with E-state index >= 15 is 0 Å². The smallest absolute Gasteiger partial charge is 0.303 e. The third-order valence-electron chi connectivity index (χ3n) is 2.28. The van der Waals surface area contributed by atoms with Gasteiger partial charge in [-0.2, -0.15) is 0 Å². The summed E-state index contributed by atoms with van der Waals surface area (Å²) in [6.45, 7) is 0.294. The third kappa shape index (κ3) is 4.25. The van der Waals surface area contributed by atoms with Gasteiger partial charge in [0.15, 0.2) is 0 Å². The van der Waals surface area contributed by atoms with Crippen molar-refractivity contribution in [1.82, 2.24) is 5.32 Å². The lowest BCUT2D eigenvalue weighted by Gasteiger charge is -2.04. The molecule has 6 heteroatoms. The van der Waals surface area contributed by atoms with Crippen molar-refractivity contribution in [3.8, 4) is 0 Å². The van der Waals surface area contributed by atoms with Crippen LogP contribution in [0, 0.1) is 0 Å². The fraction of sp³-hybridized carbons (Fsp3) is 0.250. The van der Waals surface area contributed by atoms with E-state index in [1.54, 1.807) is 0 Å². The molecule has 0 aromatic heterocycles. The number of carboxylic acid groups (broad SMARTS) is 1. The number of hydrogen-bond donors (Lipinski definition) is 3. The molecule has 0 atom stereocenters. The van der Waals surface area contributed by atoms with E-state index in [-0.39, 0.29) is 12.3 Å². The lowest BCUT2D eigenvalue weighted by molar-refractivity contribution is -0.137. The summed E-state index contributed by atoms with van der Waals surface area (Å²) in [6.07, 6.45) is 0.390. The minimum Gasteiger partial charge on any atom is -0.481 e. The molecule has 0 spiro atoms. The summed E-state index contributed by atoms with van der Waals surface area (Å²) in [7, 11) is 0. The second kappa shape index (κ2) is 6.39. The van der Waals surface area contributed by atoms with Crippen LogP contribution < -0.4 is 11.1 Å². The van der Waals surface area contributed by atoms with Gasteiger partial charge >= 0.3 is 5.97 Å². The van der Waals surface area contributed by atoms with Gasteiger partial charge in [-0.15, -0.1) is 0 Å². The van der Waals surface area contributed by atoms with Crippen LogP contribution in [-0.4, -0.2) is 29.4 Å². The van der Waals surface area contributed by atoms with E-state index in [9.17, 15) is 14.4 Å². The van der Waals surface area contributed by atoms with Gasteiger partial charge in [-0.25, -0.2) is 0 Å². The minimum absolute atomic E-state index is 0.0148. The Morgan fingerprint density at radius 3 is 2.17 bits per heavy atom. The van der Waals surface area contributed by atoms with Crippen LogP contribution in [0.4, 0.5) is 0 Å². The topological polar surface area (TPSA) is 109 Å². The monoisotopic (exact) mass is 250 g/mol. The first-order valence-corrected chi connectivity index (χ1v) is 5.40. The third-order valence-corrected chi connectivity index (χ3v) is 2.28. The maximum absolute atomic E-state index is 11.6. The molecule has 0 aliphatic rings. The lowest BCUT2D eigenvalue weighted by Crippen LogP contribution is -2.25. The summed E-state index contributed by atoms with van der Waals surface area (Å²) in [5.74, 6) is -1.75. The molecule has 2 amide bonds. The zero-order valence-electron chi connectivity index (χ0n) is 9.68. The van der Waals surface area contributed by atoms with E-state index in [1.165, 1.54) is 24.3 Å². The molecular weight excluding hydrogens is 236 g/mol. The first kappa shape index (κ1) is 13.7. The van der Waals surface area contributed by atoms with Gasteiger partial charge in [0.25, 0.3) is 5.91 Å². The average molecular weight is 250 g/mol. The highest BCUT2D eigenvalue weighted by Crippen LogP contribution is 2.03. The molecule has 0 unspecified atom stereocenters. The van der Waals surface area contributed by atoms with Crippen molar-refractivity contribution in [2.24, 2.45) is 5.73 Å². The van der Waals surface area contributed by atoms with Crippen molar-refractivity contribution in [3.63, 3.8) is 0 Å². The Hall–Kier alpha value is -2.37. The summed E-state index contributed by atoms with van der Waals surface area (Å²) in [5.41, 5.74) is 5.80. The molecule has 1 aromatic carbocycles. The second-order valence-electron chi connectivity index (χ2n) is 3.69. The molecular formula is C12H14N2O4. The summed E-state index contributed by atoms with van der Waals surface area (Å²) >= 11 is 0. The van der Waals surface area contributed by atoms with E-state index in [0.717, 1.165) is 0 Å². The van der Waals surface area contributed by atoms with Crippen LogP contribution in [0.15, 0.2) is 24.3 Å². The summed E-state index contributed by atoms with van der Waals surface area (Å²) in [6, 6.07) is 5.92. The van der Waals surface area contributed by atoms with Gasteiger partial charge in [0, 0.05) is 24.1 Å². The van der Waals surface area contributed by atoms with Crippen LogP contribution in [0.3, 0.4) is 0 Å². The minimum atomic E-state index is -0.893. The highest BCUT2D eigenvalue weighted by molar-refractivity contribution is 5.97. The Kier molecular flexibility index (Phi) is 4.86. The zero-order chi connectivity index (χ0) is 13.5. The van der Waals surface area contributed by atoms with Crippen molar-refractivity contribution < 1.29 is 19.5 Å². The molecule has 6 nitrogen and oxygen atoms in total. The highest BCUT2D eigenvalue weighted by atomic mass is 16.4. The molecule has 0 radical (unpaired) electrons. The van der Waals surface area contributed by atoms with E-state index in [1.807, 2.05) is 0 Å². The van der Waals surface area contributed by atoms with Gasteiger partial charge in [-0.05, 0) is 30.7 Å². The van der Waals surface area contributed by atoms with Gasteiger partial charge in [0.2, 0.25) is 5.91 Å². The van der Waals surface area contributed by atoms with Gasteiger partial charge in [-0.1, -0.05) is 0 Å². The Balaban J connectivity index is 2.46. The maximum atomic E-state index is 11.6. The van der Waals surface area contributed by atoms with Gasteiger partial charge in [-0.3, -0.25) is 14.4 Å². The van der Waals surface area contributed by atoms with E-state index in [4.69, 9.17) is 10.8 Å². The number of rotatable bonds is 6. The van der Waals surface area contributed by atoms with Crippen LogP contribution >= 0.6 is 0 Å². The van der Waals surface area contributed by atoms with Crippen LogP contribution in [0.5, 0.6) is 0 Å².